The van der Waals surface area contributed by atoms with Crippen LogP contribution in [0.4, 0.5) is 9.52 Å². The number of anilines is 1. The number of carbonyl (C=O) groups excluding carboxylic acids is 1. The van der Waals surface area contributed by atoms with Gasteiger partial charge in [0.1, 0.15) is 11.5 Å². The van der Waals surface area contributed by atoms with E-state index in [1.54, 1.807) is 23.6 Å². The van der Waals surface area contributed by atoms with Crippen LogP contribution >= 0.6 is 11.3 Å². The van der Waals surface area contributed by atoms with Crippen molar-refractivity contribution in [2.75, 3.05) is 12.3 Å². The zero-order chi connectivity index (χ0) is 13.0. The predicted octanol–water partition coefficient (Wildman–Crippen LogP) is 1.84. The zero-order valence-electron chi connectivity index (χ0n) is 9.52. The summed E-state index contributed by atoms with van der Waals surface area (Å²) < 4.78 is 13.3. The number of carbonyl (C=O) groups is 1. The van der Waals surface area contributed by atoms with Crippen LogP contribution in [0.2, 0.25) is 0 Å². The standard InChI is InChI=1S/C12H12FN3OS/c13-9-4-2-1-3-8(9)5-6-15-11(17)10-7-18-12(14)16-10/h1-4,7H,5-6H2,(H2,14,16)(H,15,17). The van der Waals surface area contributed by atoms with E-state index < -0.39 is 0 Å². The highest BCUT2D eigenvalue weighted by Gasteiger charge is 2.09. The number of benzene rings is 1. The molecule has 0 bridgehead atoms. The molecule has 0 unspecified atom stereocenters. The molecule has 0 aliphatic heterocycles. The molecule has 0 radical (unpaired) electrons. The van der Waals surface area contributed by atoms with Crippen molar-refractivity contribution in [3.05, 3.63) is 46.7 Å². The summed E-state index contributed by atoms with van der Waals surface area (Å²) in [5.41, 5.74) is 6.31. The molecule has 0 fully saturated rings. The van der Waals surface area contributed by atoms with Crippen LogP contribution in [0.25, 0.3) is 0 Å². The fourth-order valence-electron chi connectivity index (χ4n) is 1.49. The molecule has 4 nitrogen and oxygen atoms in total. The van der Waals surface area contributed by atoms with Crippen LogP contribution in [0.5, 0.6) is 0 Å². The summed E-state index contributed by atoms with van der Waals surface area (Å²) in [6, 6.07) is 6.50. The van der Waals surface area contributed by atoms with Crippen molar-refractivity contribution in [2.45, 2.75) is 6.42 Å². The Morgan fingerprint density at radius 2 is 2.22 bits per heavy atom. The molecular formula is C12H12FN3OS. The normalized spacial score (nSPS) is 10.3. The number of hydrogen-bond acceptors (Lipinski definition) is 4. The maximum absolute atomic E-state index is 13.3. The fraction of sp³-hybridized carbons (Fsp3) is 0.167. The number of halogens is 1. The molecule has 94 valence electrons. The number of nitrogens with one attached hydrogen (secondary N) is 1. The number of thiazole rings is 1. The lowest BCUT2D eigenvalue weighted by Gasteiger charge is -2.04. The maximum Gasteiger partial charge on any atom is 0.270 e. The van der Waals surface area contributed by atoms with Gasteiger partial charge in [-0.2, -0.15) is 0 Å². The van der Waals surface area contributed by atoms with E-state index in [-0.39, 0.29) is 11.7 Å². The molecule has 6 heteroatoms. The maximum atomic E-state index is 13.3. The molecule has 0 saturated carbocycles. The average Bonchev–Trinajstić information content (AvgIpc) is 2.78. The first kappa shape index (κ1) is 12.5. The van der Waals surface area contributed by atoms with Gasteiger partial charge in [-0.15, -0.1) is 11.3 Å². The molecule has 1 heterocycles. The number of aromatic nitrogens is 1. The largest absolute Gasteiger partial charge is 0.375 e. The lowest BCUT2D eigenvalue weighted by molar-refractivity contribution is 0.0950. The van der Waals surface area contributed by atoms with Crippen LogP contribution in [0.3, 0.4) is 0 Å². The van der Waals surface area contributed by atoms with Crippen molar-refractivity contribution in [2.24, 2.45) is 0 Å². The Kier molecular flexibility index (Phi) is 3.88. The Bertz CT molecular complexity index is 556. The van der Waals surface area contributed by atoms with E-state index in [0.29, 0.717) is 29.4 Å². The van der Waals surface area contributed by atoms with Crippen LogP contribution < -0.4 is 11.1 Å². The molecular weight excluding hydrogens is 253 g/mol. The van der Waals surface area contributed by atoms with Gasteiger partial charge in [0.15, 0.2) is 5.13 Å². The number of nitrogen functional groups attached to an aromatic ring is 1. The number of hydrogen-bond donors (Lipinski definition) is 2. The topological polar surface area (TPSA) is 68.0 Å². The summed E-state index contributed by atoms with van der Waals surface area (Å²) >= 11 is 1.21. The minimum atomic E-state index is -0.292. The number of nitrogens with two attached hydrogens (primary N) is 1. The molecule has 0 atom stereocenters. The van der Waals surface area contributed by atoms with Crippen LogP contribution in [0, 0.1) is 5.82 Å². The second-order valence-corrected chi connectivity index (χ2v) is 4.56. The molecule has 2 rings (SSSR count). The smallest absolute Gasteiger partial charge is 0.270 e. The first-order valence-corrected chi connectivity index (χ1v) is 6.27. The molecule has 1 aromatic carbocycles. The van der Waals surface area contributed by atoms with Crippen molar-refractivity contribution in [3.8, 4) is 0 Å². The zero-order valence-corrected chi connectivity index (χ0v) is 10.3. The van der Waals surface area contributed by atoms with Gasteiger partial charge in [-0.1, -0.05) is 18.2 Å². The Morgan fingerprint density at radius 1 is 1.44 bits per heavy atom. The Morgan fingerprint density at radius 3 is 2.89 bits per heavy atom. The Balaban J connectivity index is 1.86. The van der Waals surface area contributed by atoms with Gasteiger partial charge in [0.05, 0.1) is 0 Å². The van der Waals surface area contributed by atoms with Crippen LogP contribution in [-0.2, 0) is 6.42 Å². The molecule has 0 spiro atoms. The van der Waals surface area contributed by atoms with Crippen molar-refractivity contribution in [3.63, 3.8) is 0 Å². The monoisotopic (exact) mass is 265 g/mol. The first-order valence-electron chi connectivity index (χ1n) is 5.39. The van der Waals surface area contributed by atoms with E-state index in [1.807, 2.05) is 0 Å². The van der Waals surface area contributed by atoms with Gasteiger partial charge in [0, 0.05) is 11.9 Å². The second kappa shape index (κ2) is 5.59. The minimum absolute atomic E-state index is 0.260. The lowest BCUT2D eigenvalue weighted by Crippen LogP contribution is -2.26. The van der Waals surface area contributed by atoms with Gasteiger partial charge in [-0.05, 0) is 18.1 Å². The molecule has 18 heavy (non-hydrogen) atoms. The molecule has 0 aliphatic carbocycles. The third-order valence-electron chi connectivity index (χ3n) is 2.39. The van der Waals surface area contributed by atoms with Gasteiger partial charge >= 0.3 is 0 Å². The molecule has 0 saturated heterocycles. The SMILES string of the molecule is Nc1nc(C(=O)NCCc2ccccc2F)cs1. The van der Waals surface area contributed by atoms with Gasteiger partial charge in [-0.25, -0.2) is 9.37 Å². The fourth-order valence-corrected chi connectivity index (χ4v) is 2.04. The molecule has 0 aliphatic rings. The molecule has 3 N–H and O–H groups in total. The summed E-state index contributed by atoms with van der Waals surface area (Å²) in [4.78, 5) is 15.5. The highest BCUT2D eigenvalue weighted by molar-refractivity contribution is 7.13. The van der Waals surface area contributed by atoms with E-state index in [9.17, 15) is 9.18 Å². The Hall–Kier alpha value is -1.95. The second-order valence-electron chi connectivity index (χ2n) is 3.67. The van der Waals surface area contributed by atoms with E-state index in [4.69, 9.17) is 5.73 Å². The number of nitrogens with zero attached hydrogens (tertiary/aromatic N) is 1. The molecule has 2 aromatic rings. The number of rotatable bonds is 4. The highest BCUT2D eigenvalue weighted by atomic mass is 32.1. The summed E-state index contributed by atoms with van der Waals surface area (Å²) in [5, 5.41) is 4.62. The van der Waals surface area contributed by atoms with Gasteiger partial charge in [0.25, 0.3) is 5.91 Å². The van der Waals surface area contributed by atoms with E-state index in [0.717, 1.165) is 0 Å². The minimum Gasteiger partial charge on any atom is -0.375 e. The third kappa shape index (κ3) is 3.04. The van der Waals surface area contributed by atoms with Gasteiger partial charge in [0.2, 0.25) is 0 Å². The van der Waals surface area contributed by atoms with Crippen molar-refractivity contribution < 1.29 is 9.18 Å². The van der Waals surface area contributed by atoms with Crippen LogP contribution in [0.1, 0.15) is 16.1 Å². The van der Waals surface area contributed by atoms with E-state index in [1.165, 1.54) is 17.4 Å². The molecule has 1 amide bonds. The predicted molar refractivity (Wildman–Crippen MR) is 69.0 cm³/mol. The average molecular weight is 265 g/mol. The summed E-state index contributed by atoms with van der Waals surface area (Å²) in [6.45, 7) is 0.358. The summed E-state index contributed by atoms with van der Waals surface area (Å²) in [5.74, 6) is -0.552. The quantitative estimate of drug-likeness (QED) is 0.886. The first-order chi connectivity index (χ1) is 8.66. The van der Waals surface area contributed by atoms with E-state index in [2.05, 4.69) is 10.3 Å². The third-order valence-corrected chi connectivity index (χ3v) is 3.07. The Labute approximate surface area is 108 Å². The van der Waals surface area contributed by atoms with E-state index >= 15 is 0 Å². The molecule has 1 aromatic heterocycles. The lowest BCUT2D eigenvalue weighted by atomic mass is 10.1. The van der Waals surface area contributed by atoms with Crippen LogP contribution in [0.15, 0.2) is 29.6 Å². The van der Waals surface area contributed by atoms with Crippen molar-refractivity contribution >= 4 is 22.4 Å². The van der Waals surface area contributed by atoms with Crippen LogP contribution in [-0.4, -0.2) is 17.4 Å². The summed E-state index contributed by atoms with van der Waals surface area (Å²) in [6.07, 6.45) is 0.442. The van der Waals surface area contributed by atoms with Gasteiger partial charge < -0.3 is 11.1 Å². The van der Waals surface area contributed by atoms with Gasteiger partial charge in [-0.3, -0.25) is 4.79 Å². The highest BCUT2D eigenvalue weighted by Crippen LogP contribution is 2.11. The van der Waals surface area contributed by atoms with Crippen molar-refractivity contribution in [1.82, 2.24) is 10.3 Å². The number of amides is 1. The summed E-state index contributed by atoms with van der Waals surface area (Å²) in [7, 11) is 0. The van der Waals surface area contributed by atoms with Crippen molar-refractivity contribution in [1.29, 1.82) is 0 Å².